The van der Waals surface area contributed by atoms with E-state index in [4.69, 9.17) is 24.0 Å². The first-order chi connectivity index (χ1) is 19.5. The second-order valence-electron chi connectivity index (χ2n) is 9.65. The summed E-state index contributed by atoms with van der Waals surface area (Å²) in [4.78, 5) is 19.4. The third-order valence-corrected chi connectivity index (χ3v) is 8.10. The zero-order valence-corrected chi connectivity index (χ0v) is 22.9. The van der Waals surface area contributed by atoms with Gasteiger partial charge in [0.25, 0.3) is 0 Å². The van der Waals surface area contributed by atoms with Crippen LogP contribution in [0.4, 0.5) is 8.78 Å². The van der Waals surface area contributed by atoms with E-state index in [0.717, 1.165) is 66.2 Å². The van der Waals surface area contributed by atoms with Crippen LogP contribution in [-0.2, 0) is 26.3 Å². The minimum atomic E-state index is -4.69. The molecule has 12 heteroatoms. The first-order valence-corrected chi connectivity index (χ1v) is 14.1. The maximum atomic E-state index is 14.1. The van der Waals surface area contributed by atoms with Gasteiger partial charge in [-0.05, 0) is 80.4 Å². The van der Waals surface area contributed by atoms with Gasteiger partial charge in [-0.3, -0.25) is 0 Å². The molecule has 9 nitrogen and oxygen atoms in total. The summed E-state index contributed by atoms with van der Waals surface area (Å²) >= 11 is 0. The molecule has 1 saturated heterocycles. The molecule has 1 aliphatic rings. The molecule has 0 aliphatic carbocycles. The largest absolute Gasteiger partial charge is 0.473 e. The molecule has 5 rings (SSSR count). The second-order valence-corrected chi connectivity index (χ2v) is 11.1. The Morgan fingerprint density at radius 1 is 0.927 bits per heavy atom. The molecule has 1 fully saturated rings. The highest BCUT2D eigenvalue weighted by Crippen LogP contribution is 2.37. The number of benzene rings is 3. The molecule has 0 bridgehead atoms. The van der Waals surface area contributed by atoms with Crippen molar-refractivity contribution in [1.82, 2.24) is 9.47 Å². The molecule has 216 valence electrons. The van der Waals surface area contributed by atoms with E-state index in [2.05, 4.69) is 34.8 Å². The van der Waals surface area contributed by atoms with Gasteiger partial charge in [0.05, 0.1) is 0 Å². The molecule has 4 aromatic rings. The van der Waals surface area contributed by atoms with Gasteiger partial charge in [0.15, 0.2) is 4.90 Å². The SMILES string of the molecule is CN1CCC(c2cn(Cc3ccccc3)c3ccc(OS(=O)(=O)c4c(F)cccc4F)cc23)CC1.O=C(O)C(=O)O. The number of hydrogen-bond acceptors (Lipinski definition) is 6. The summed E-state index contributed by atoms with van der Waals surface area (Å²) in [5.74, 6) is -5.68. The molecule has 0 saturated carbocycles. The molecule has 0 amide bonds. The zero-order valence-electron chi connectivity index (χ0n) is 22.0. The van der Waals surface area contributed by atoms with Gasteiger partial charge in [-0.25, -0.2) is 18.4 Å². The van der Waals surface area contributed by atoms with Gasteiger partial charge < -0.3 is 23.9 Å². The van der Waals surface area contributed by atoms with Crippen LogP contribution in [0.1, 0.15) is 29.9 Å². The highest BCUT2D eigenvalue weighted by atomic mass is 32.2. The van der Waals surface area contributed by atoms with Crippen molar-refractivity contribution in [1.29, 1.82) is 0 Å². The number of rotatable bonds is 6. The normalized spacial score (nSPS) is 14.3. The average molecular weight is 587 g/mol. The van der Waals surface area contributed by atoms with Crippen molar-refractivity contribution in [2.45, 2.75) is 30.2 Å². The van der Waals surface area contributed by atoms with Crippen LogP contribution in [0, 0.1) is 11.6 Å². The molecule has 0 unspecified atom stereocenters. The van der Waals surface area contributed by atoms with Crippen molar-refractivity contribution >= 4 is 33.0 Å². The number of carbonyl (C=O) groups is 2. The van der Waals surface area contributed by atoms with E-state index in [0.29, 0.717) is 12.5 Å². The Hall–Kier alpha value is -4.29. The quantitative estimate of drug-likeness (QED) is 0.246. The van der Waals surface area contributed by atoms with Crippen LogP contribution in [0.5, 0.6) is 5.75 Å². The van der Waals surface area contributed by atoms with Crippen LogP contribution >= 0.6 is 0 Å². The molecule has 0 atom stereocenters. The fourth-order valence-corrected chi connectivity index (χ4v) is 5.86. The Morgan fingerprint density at radius 2 is 1.54 bits per heavy atom. The molecule has 2 heterocycles. The lowest BCUT2D eigenvalue weighted by molar-refractivity contribution is -0.159. The number of carboxylic acids is 2. The Balaban J connectivity index is 0.000000585. The molecule has 0 radical (unpaired) electrons. The standard InChI is InChI=1S/C27H26F2N2O3S.C2H2O4/c1-30-14-12-20(13-15-30)23-18-31(17-19-6-3-2-4-7-19)26-11-10-21(16-22(23)26)34-35(32,33)27-24(28)8-5-9-25(27)29;3-1(4)2(5)6/h2-11,16,18,20H,12-15,17H2,1H3;(H,3,4)(H,5,6). The lowest BCUT2D eigenvalue weighted by atomic mass is 9.89. The molecule has 3 aromatic carbocycles. The maximum absolute atomic E-state index is 14.1. The molecule has 1 aliphatic heterocycles. The Morgan fingerprint density at radius 3 is 2.12 bits per heavy atom. The third kappa shape index (κ3) is 7.08. The van der Waals surface area contributed by atoms with Crippen molar-refractivity contribution < 1.29 is 41.2 Å². The lowest BCUT2D eigenvalue weighted by Gasteiger charge is -2.28. The minimum absolute atomic E-state index is 0.0202. The van der Waals surface area contributed by atoms with Gasteiger partial charge in [-0.15, -0.1) is 0 Å². The highest BCUT2D eigenvalue weighted by molar-refractivity contribution is 7.87. The van der Waals surface area contributed by atoms with Crippen LogP contribution in [-0.4, -0.2) is 60.2 Å². The summed E-state index contributed by atoms with van der Waals surface area (Å²) in [5, 5.41) is 15.7. The fraction of sp³-hybridized carbons (Fsp3) is 0.241. The van der Waals surface area contributed by atoms with Crippen LogP contribution in [0.3, 0.4) is 0 Å². The van der Waals surface area contributed by atoms with E-state index >= 15 is 0 Å². The van der Waals surface area contributed by atoms with E-state index in [-0.39, 0.29) is 5.75 Å². The molecule has 0 spiro atoms. The summed E-state index contributed by atoms with van der Waals surface area (Å²) in [7, 11) is -2.59. The Kier molecular flexibility index (Phi) is 9.04. The van der Waals surface area contributed by atoms with Crippen molar-refractivity contribution in [2.24, 2.45) is 0 Å². The first-order valence-electron chi connectivity index (χ1n) is 12.7. The van der Waals surface area contributed by atoms with E-state index < -0.39 is 38.6 Å². The monoisotopic (exact) mass is 586 g/mol. The summed E-state index contributed by atoms with van der Waals surface area (Å²) in [6.07, 6.45) is 4.12. The predicted octanol–water partition coefficient (Wildman–Crippen LogP) is 4.70. The van der Waals surface area contributed by atoms with Crippen molar-refractivity contribution in [2.75, 3.05) is 20.1 Å². The number of piperidine rings is 1. The molecule has 1 aromatic heterocycles. The van der Waals surface area contributed by atoms with Gasteiger partial charge in [0, 0.05) is 23.6 Å². The number of fused-ring (bicyclic) bond motifs is 1. The number of hydrogen-bond donors (Lipinski definition) is 2. The number of likely N-dealkylation sites (tertiary alicyclic amines) is 1. The maximum Gasteiger partial charge on any atom is 0.414 e. The van der Waals surface area contributed by atoms with Crippen LogP contribution in [0.25, 0.3) is 10.9 Å². The Labute approximate surface area is 235 Å². The summed E-state index contributed by atoms with van der Waals surface area (Å²) < 4.78 is 61.1. The summed E-state index contributed by atoms with van der Waals surface area (Å²) in [6.45, 7) is 2.63. The molecular weight excluding hydrogens is 558 g/mol. The predicted molar refractivity (Wildman–Crippen MR) is 146 cm³/mol. The second kappa shape index (κ2) is 12.5. The van der Waals surface area contributed by atoms with Crippen molar-refractivity contribution in [3.8, 4) is 5.75 Å². The van der Waals surface area contributed by atoms with Crippen LogP contribution in [0.2, 0.25) is 0 Å². The summed E-state index contributed by atoms with van der Waals surface area (Å²) in [5.41, 5.74) is 3.23. The van der Waals surface area contributed by atoms with Crippen molar-refractivity contribution in [3.05, 3.63) is 95.7 Å². The van der Waals surface area contributed by atoms with Gasteiger partial charge in [-0.1, -0.05) is 36.4 Å². The number of nitrogens with zero attached hydrogens (tertiary/aromatic N) is 2. The van der Waals surface area contributed by atoms with Crippen LogP contribution in [0.15, 0.2) is 77.8 Å². The molecular formula is C29H28F2N2O7S. The fourth-order valence-electron chi connectivity index (χ4n) is 4.80. The summed E-state index contributed by atoms with van der Waals surface area (Å²) in [6, 6.07) is 18.0. The van der Waals surface area contributed by atoms with E-state index in [1.54, 1.807) is 12.1 Å². The average Bonchev–Trinajstić information content (AvgIpc) is 3.26. The molecule has 2 N–H and O–H groups in total. The first kappa shape index (κ1) is 29.7. The van der Waals surface area contributed by atoms with Crippen LogP contribution < -0.4 is 4.18 Å². The van der Waals surface area contributed by atoms with Gasteiger partial charge in [0.1, 0.15) is 17.4 Å². The number of aliphatic carboxylic acids is 2. The topological polar surface area (TPSA) is 126 Å². The van der Waals surface area contributed by atoms with E-state index in [9.17, 15) is 17.2 Å². The van der Waals surface area contributed by atoms with Gasteiger partial charge in [-0.2, -0.15) is 8.42 Å². The number of carboxylic acid groups (broad SMARTS) is 2. The lowest BCUT2D eigenvalue weighted by Crippen LogP contribution is -2.29. The van der Waals surface area contributed by atoms with Gasteiger partial charge >= 0.3 is 22.1 Å². The third-order valence-electron chi connectivity index (χ3n) is 6.80. The minimum Gasteiger partial charge on any atom is -0.473 e. The van der Waals surface area contributed by atoms with Crippen molar-refractivity contribution in [3.63, 3.8) is 0 Å². The smallest absolute Gasteiger partial charge is 0.414 e. The number of aromatic nitrogens is 1. The van der Waals surface area contributed by atoms with Gasteiger partial charge in [0.2, 0.25) is 0 Å². The Bertz CT molecular complexity index is 1630. The highest BCUT2D eigenvalue weighted by Gasteiger charge is 2.27. The molecule has 41 heavy (non-hydrogen) atoms. The van der Waals surface area contributed by atoms with E-state index in [1.807, 2.05) is 18.2 Å². The number of halogens is 2. The zero-order chi connectivity index (χ0) is 29.7. The van der Waals surface area contributed by atoms with E-state index in [1.165, 1.54) is 6.07 Å².